The van der Waals surface area contributed by atoms with Gasteiger partial charge in [-0.3, -0.25) is 0 Å². The van der Waals surface area contributed by atoms with Crippen molar-refractivity contribution < 1.29 is 0 Å². The summed E-state index contributed by atoms with van der Waals surface area (Å²) >= 11 is 3.60. The fourth-order valence-corrected chi connectivity index (χ4v) is 2.97. The molecule has 17 heavy (non-hydrogen) atoms. The van der Waals surface area contributed by atoms with E-state index in [0.717, 1.165) is 22.2 Å². The van der Waals surface area contributed by atoms with Crippen LogP contribution in [0, 0.1) is 0 Å². The molecular weight excluding hydrogens is 248 g/mol. The minimum absolute atomic E-state index is 0.516. The van der Waals surface area contributed by atoms with Crippen LogP contribution in [-0.4, -0.2) is 10.7 Å². The van der Waals surface area contributed by atoms with Crippen molar-refractivity contribution >= 4 is 23.1 Å². The number of thiazole rings is 1. The molecule has 0 saturated heterocycles. The summed E-state index contributed by atoms with van der Waals surface area (Å²) in [5.41, 5.74) is 9.08. The summed E-state index contributed by atoms with van der Waals surface area (Å²) in [6, 6.07) is 8.65. The van der Waals surface area contributed by atoms with Crippen LogP contribution in [0.1, 0.15) is 18.2 Å². The van der Waals surface area contributed by atoms with Gasteiger partial charge in [0.2, 0.25) is 0 Å². The second-order valence-corrected chi connectivity index (χ2v) is 5.81. The molecule has 0 radical (unpaired) electrons. The molecule has 90 valence electrons. The minimum Gasteiger partial charge on any atom is -0.325 e. The monoisotopic (exact) mass is 264 g/mol. The van der Waals surface area contributed by atoms with E-state index in [1.807, 2.05) is 17.1 Å². The van der Waals surface area contributed by atoms with E-state index >= 15 is 0 Å². The topological polar surface area (TPSA) is 38.9 Å². The highest BCUT2D eigenvalue weighted by atomic mass is 32.2. The fourth-order valence-electron chi connectivity index (χ4n) is 1.50. The highest BCUT2D eigenvalue weighted by molar-refractivity contribution is 7.98. The van der Waals surface area contributed by atoms with Gasteiger partial charge in [0.05, 0.1) is 5.69 Å². The molecule has 1 aromatic carbocycles. The van der Waals surface area contributed by atoms with Crippen molar-refractivity contribution in [1.82, 2.24) is 4.98 Å². The largest absolute Gasteiger partial charge is 0.325 e. The predicted octanol–water partition coefficient (Wildman–Crippen LogP) is 3.52. The Morgan fingerprint density at radius 2 is 2.06 bits per heavy atom. The van der Waals surface area contributed by atoms with Gasteiger partial charge in [-0.25, -0.2) is 4.98 Å². The summed E-state index contributed by atoms with van der Waals surface area (Å²) in [4.78, 5) is 4.48. The zero-order chi connectivity index (χ0) is 12.1. The molecule has 0 unspecified atom stereocenters. The number of hydrogen-bond acceptors (Lipinski definition) is 4. The Labute approximate surface area is 110 Å². The highest BCUT2D eigenvalue weighted by Gasteiger charge is 2.03. The number of rotatable bonds is 5. The molecule has 1 aromatic heterocycles. The SMILES string of the molecule is CCSCc1ccc(-c2nc(CN)cs2)cc1. The van der Waals surface area contributed by atoms with Gasteiger partial charge in [0.15, 0.2) is 0 Å². The van der Waals surface area contributed by atoms with Gasteiger partial charge in [0, 0.05) is 23.2 Å². The zero-order valence-electron chi connectivity index (χ0n) is 9.85. The number of nitrogens with two attached hydrogens (primary N) is 1. The van der Waals surface area contributed by atoms with Crippen LogP contribution in [0.15, 0.2) is 29.6 Å². The van der Waals surface area contributed by atoms with Gasteiger partial charge in [-0.1, -0.05) is 31.2 Å². The Morgan fingerprint density at radius 3 is 2.65 bits per heavy atom. The smallest absolute Gasteiger partial charge is 0.123 e. The Kier molecular flexibility index (Phi) is 4.59. The average Bonchev–Trinajstić information content (AvgIpc) is 2.86. The molecule has 4 heteroatoms. The zero-order valence-corrected chi connectivity index (χ0v) is 11.5. The van der Waals surface area contributed by atoms with E-state index in [4.69, 9.17) is 5.73 Å². The number of aromatic nitrogens is 1. The van der Waals surface area contributed by atoms with E-state index in [1.54, 1.807) is 11.3 Å². The van der Waals surface area contributed by atoms with Crippen molar-refractivity contribution in [3.8, 4) is 10.6 Å². The molecule has 1 heterocycles. The molecule has 0 aliphatic heterocycles. The highest BCUT2D eigenvalue weighted by Crippen LogP contribution is 2.24. The predicted molar refractivity (Wildman–Crippen MR) is 77.3 cm³/mol. The van der Waals surface area contributed by atoms with Crippen LogP contribution >= 0.6 is 23.1 Å². The Balaban J connectivity index is 2.11. The van der Waals surface area contributed by atoms with Gasteiger partial charge >= 0.3 is 0 Å². The maximum atomic E-state index is 5.56. The molecule has 0 amide bonds. The molecule has 0 aliphatic carbocycles. The summed E-state index contributed by atoms with van der Waals surface area (Å²) in [7, 11) is 0. The third kappa shape index (κ3) is 3.31. The Hall–Kier alpha value is -0.840. The maximum absolute atomic E-state index is 5.56. The molecule has 0 fully saturated rings. The van der Waals surface area contributed by atoms with Crippen molar-refractivity contribution in [2.24, 2.45) is 5.73 Å². The molecule has 2 rings (SSSR count). The summed E-state index contributed by atoms with van der Waals surface area (Å²) in [6.45, 7) is 2.70. The third-order valence-corrected chi connectivity index (χ3v) is 4.32. The molecule has 2 aromatic rings. The fraction of sp³-hybridized carbons (Fsp3) is 0.308. The van der Waals surface area contributed by atoms with Gasteiger partial charge in [0.25, 0.3) is 0 Å². The molecule has 0 saturated carbocycles. The van der Waals surface area contributed by atoms with Crippen LogP contribution in [-0.2, 0) is 12.3 Å². The number of benzene rings is 1. The first-order valence-corrected chi connectivity index (χ1v) is 7.68. The summed E-state index contributed by atoms with van der Waals surface area (Å²) in [6.07, 6.45) is 0. The molecule has 0 atom stereocenters. The van der Waals surface area contributed by atoms with Crippen LogP contribution in [0.25, 0.3) is 10.6 Å². The van der Waals surface area contributed by atoms with Crippen molar-refractivity contribution in [2.45, 2.75) is 19.2 Å². The molecule has 0 bridgehead atoms. The third-order valence-electron chi connectivity index (χ3n) is 2.43. The quantitative estimate of drug-likeness (QED) is 0.898. The Morgan fingerprint density at radius 1 is 1.29 bits per heavy atom. The molecule has 2 N–H and O–H groups in total. The van der Waals surface area contributed by atoms with E-state index in [0.29, 0.717) is 6.54 Å². The van der Waals surface area contributed by atoms with Gasteiger partial charge in [-0.2, -0.15) is 11.8 Å². The van der Waals surface area contributed by atoms with Crippen LogP contribution < -0.4 is 5.73 Å². The van der Waals surface area contributed by atoms with Crippen molar-refractivity contribution in [1.29, 1.82) is 0 Å². The first-order chi connectivity index (χ1) is 8.33. The van der Waals surface area contributed by atoms with Gasteiger partial charge < -0.3 is 5.73 Å². The lowest BCUT2D eigenvalue weighted by atomic mass is 10.2. The molecule has 0 spiro atoms. The average molecular weight is 264 g/mol. The normalized spacial score (nSPS) is 10.7. The first kappa shape index (κ1) is 12.6. The van der Waals surface area contributed by atoms with Crippen molar-refractivity contribution in [3.63, 3.8) is 0 Å². The van der Waals surface area contributed by atoms with Crippen LogP contribution in [0.2, 0.25) is 0 Å². The molecule has 0 aliphatic rings. The summed E-state index contributed by atoms with van der Waals surface area (Å²) in [5, 5.41) is 3.08. The lowest BCUT2D eigenvalue weighted by Crippen LogP contribution is -1.95. The van der Waals surface area contributed by atoms with Crippen molar-refractivity contribution in [3.05, 3.63) is 40.9 Å². The van der Waals surface area contributed by atoms with E-state index in [-0.39, 0.29) is 0 Å². The van der Waals surface area contributed by atoms with E-state index < -0.39 is 0 Å². The Bertz CT molecular complexity index is 463. The van der Waals surface area contributed by atoms with Gasteiger partial charge in [-0.05, 0) is 11.3 Å². The number of hydrogen-bond donors (Lipinski definition) is 1. The first-order valence-electron chi connectivity index (χ1n) is 5.65. The maximum Gasteiger partial charge on any atom is 0.123 e. The van der Waals surface area contributed by atoms with Gasteiger partial charge in [0.1, 0.15) is 5.01 Å². The number of thioether (sulfide) groups is 1. The lowest BCUT2D eigenvalue weighted by Gasteiger charge is -2.01. The van der Waals surface area contributed by atoms with Gasteiger partial charge in [-0.15, -0.1) is 11.3 Å². The van der Waals surface area contributed by atoms with E-state index in [2.05, 4.69) is 36.2 Å². The summed E-state index contributed by atoms with van der Waals surface area (Å²) < 4.78 is 0. The number of nitrogens with zero attached hydrogens (tertiary/aromatic N) is 1. The van der Waals surface area contributed by atoms with Crippen LogP contribution in [0.3, 0.4) is 0 Å². The molecule has 2 nitrogen and oxygen atoms in total. The second-order valence-electron chi connectivity index (χ2n) is 3.68. The van der Waals surface area contributed by atoms with E-state index in [9.17, 15) is 0 Å². The van der Waals surface area contributed by atoms with Crippen molar-refractivity contribution in [2.75, 3.05) is 5.75 Å². The van der Waals surface area contributed by atoms with Crippen LogP contribution in [0.4, 0.5) is 0 Å². The lowest BCUT2D eigenvalue weighted by molar-refractivity contribution is 1.01. The summed E-state index contributed by atoms with van der Waals surface area (Å²) in [5.74, 6) is 2.25. The van der Waals surface area contributed by atoms with Crippen LogP contribution in [0.5, 0.6) is 0 Å². The minimum atomic E-state index is 0.516. The standard InChI is InChI=1S/C13H16N2S2/c1-2-16-8-10-3-5-11(6-4-10)13-15-12(7-14)9-17-13/h3-6,9H,2,7-8,14H2,1H3. The molecular formula is C13H16N2S2. The van der Waals surface area contributed by atoms with E-state index in [1.165, 1.54) is 11.1 Å². The second kappa shape index (κ2) is 6.19.